The summed E-state index contributed by atoms with van der Waals surface area (Å²) in [4.78, 5) is 0. The van der Waals surface area contributed by atoms with Crippen LogP contribution in [0.1, 0.15) is 123 Å². The molecule has 1 aliphatic rings. The van der Waals surface area contributed by atoms with Gasteiger partial charge in [0.25, 0.3) is 0 Å². The molecule has 2 atom stereocenters. The minimum Gasteiger partial charge on any atom is -0.494 e. The van der Waals surface area contributed by atoms with Gasteiger partial charge in [0.1, 0.15) is 11.5 Å². The fourth-order valence-corrected chi connectivity index (χ4v) is 5.12. The normalized spacial score (nSPS) is 18.8. The van der Waals surface area contributed by atoms with Gasteiger partial charge in [-0.05, 0) is 55.4 Å². The van der Waals surface area contributed by atoms with Gasteiger partial charge in [-0.2, -0.15) is 0 Å². The molecule has 1 aromatic rings. The second kappa shape index (κ2) is 17.4. The van der Waals surface area contributed by atoms with Crippen LogP contribution in [-0.4, -0.2) is 13.2 Å². The van der Waals surface area contributed by atoms with Gasteiger partial charge in [-0.1, -0.05) is 104 Å². The van der Waals surface area contributed by atoms with E-state index in [0.29, 0.717) is 0 Å². The Hall–Kier alpha value is -1.18. The van der Waals surface area contributed by atoms with E-state index < -0.39 is 0 Å². The third kappa shape index (κ3) is 11.9. The number of hydrogen-bond donors (Lipinski definition) is 0. The standard InChI is InChI=1S/C29H50O2/c1-3-5-7-8-9-10-14-24-30-28-20-22-29(23-21-28)31-25-15-19-27-18-13-12-17-26(27)16-11-6-4-2/h20-23,26-27H,3-19,24-25H2,1-2H3. The highest BCUT2D eigenvalue weighted by Crippen LogP contribution is 2.36. The lowest BCUT2D eigenvalue weighted by Crippen LogP contribution is -2.20. The molecule has 0 bridgehead atoms. The summed E-state index contributed by atoms with van der Waals surface area (Å²) >= 11 is 0. The first kappa shape index (κ1) is 26.1. The molecule has 2 nitrogen and oxygen atoms in total. The molecule has 2 unspecified atom stereocenters. The molecule has 31 heavy (non-hydrogen) atoms. The number of ether oxygens (including phenoxy) is 2. The molecule has 0 N–H and O–H groups in total. The molecule has 1 saturated carbocycles. The lowest BCUT2D eigenvalue weighted by Gasteiger charge is -2.31. The van der Waals surface area contributed by atoms with Gasteiger partial charge in [0.15, 0.2) is 0 Å². The average Bonchev–Trinajstić information content (AvgIpc) is 2.80. The Labute approximate surface area is 193 Å². The van der Waals surface area contributed by atoms with Crippen molar-refractivity contribution in [3.05, 3.63) is 24.3 Å². The minimum absolute atomic E-state index is 0.828. The molecule has 0 aromatic heterocycles. The topological polar surface area (TPSA) is 18.5 Å². The van der Waals surface area contributed by atoms with E-state index in [1.165, 1.54) is 103 Å². The van der Waals surface area contributed by atoms with Crippen LogP contribution in [-0.2, 0) is 0 Å². The molecule has 0 amide bonds. The second-order valence-corrected chi connectivity index (χ2v) is 9.73. The maximum atomic E-state index is 6.02. The van der Waals surface area contributed by atoms with Gasteiger partial charge in [0.05, 0.1) is 13.2 Å². The van der Waals surface area contributed by atoms with Gasteiger partial charge in [0, 0.05) is 0 Å². The van der Waals surface area contributed by atoms with Crippen molar-refractivity contribution in [1.29, 1.82) is 0 Å². The summed E-state index contributed by atoms with van der Waals surface area (Å²) in [6.07, 6.45) is 23.2. The lowest BCUT2D eigenvalue weighted by atomic mass is 9.74. The largest absolute Gasteiger partial charge is 0.494 e. The van der Waals surface area contributed by atoms with Crippen molar-refractivity contribution in [1.82, 2.24) is 0 Å². The Bertz CT molecular complexity index is 524. The molecule has 0 spiro atoms. The van der Waals surface area contributed by atoms with E-state index in [4.69, 9.17) is 9.47 Å². The third-order valence-corrected chi connectivity index (χ3v) is 7.07. The van der Waals surface area contributed by atoms with Gasteiger partial charge < -0.3 is 9.47 Å². The highest BCUT2D eigenvalue weighted by molar-refractivity contribution is 5.31. The van der Waals surface area contributed by atoms with Gasteiger partial charge >= 0.3 is 0 Å². The highest BCUT2D eigenvalue weighted by atomic mass is 16.5. The first-order chi connectivity index (χ1) is 15.3. The Kier molecular flexibility index (Phi) is 14.6. The first-order valence-electron chi connectivity index (χ1n) is 13.7. The zero-order valence-electron chi connectivity index (χ0n) is 20.7. The van der Waals surface area contributed by atoms with Gasteiger partial charge in [0.2, 0.25) is 0 Å². The number of rotatable bonds is 18. The van der Waals surface area contributed by atoms with Crippen molar-refractivity contribution in [2.45, 2.75) is 123 Å². The van der Waals surface area contributed by atoms with E-state index in [0.717, 1.165) is 43.0 Å². The van der Waals surface area contributed by atoms with Gasteiger partial charge in [-0.25, -0.2) is 0 Å². The molecule has 0 aliphatic heterocycles. The van der Waals surface area contributed by atoms with Gasteiger partial charge in [-0.3, -0.25) is 0 Å². The lowest BCUT2D eigenvalue weighted by molar-refractivity contribution is 0.190. The summed E-state index contributed by atoms with van der Waals surface area (Å²) < 4.78 is 11.9. The Morgan fingerprint density at radius 3 is 1.61 bits per heavy atom. The summed E-state index contributed by atoms with van der Waals surface area (Å²) in [6, 6.07) is 8.24. The van der Waals surface area contributed by atoms with Crippen LogP contribution in [0.4, 0.5) is 0 Å². The first-order valence-corrected chi connectivity index (χ1v) is 13.7. The van der Waals surface area contributed by atoms with Crippen molar-refractivity contribution in [3.63, 3.8) is 0 Å². The monoisotopic (exact) mass is 430 g/mol. The highest BCUT2D eigenvalue weighted by Gasteiger charge is 2.24. The maximum absolute atomic E-state index is 6.02. The Morgan fingerprint density at radius 1 is 0.581 bits per heavy atom. The second-order valence-electron chi connectivity index (χ2n) is 9.73. The molecule has 0 radical (unpaired) electrons. The zero-order valence-corrected chi connectivity index (χ0v) is 20.7. The van der Waals surface area contributed by atoms with Crippen molar-refractivity contribution >= 4 is 0 Å². The van der Waals surface area contributed by atoms with Crippen molar-refractivity contribution in [2.75, 3.05) is 13.2 Å². The Balaban J connectivity index is 1.54. The van der Waals surface area contributed by atoms with Crippen LogP contribution in [0.25, 0.3) is 0 Å². The van der Waals surface area contributed by atoms with E-state index in [1.54, 1.807) is 0 Å². The van der Waals surface area contributed by atoms with Crippen LogP contribution in [0.2, 0.25) is 0 Å². The minimum atomic E-state index is 0.828. The molecular formula is C29H50O2. The molecule has 2 rings (SSSR count). The van der Waals surface area contributed by atoms with E-state index in [9.17, 15) is 0 Å². The van der Waals surface area contributed by atoms with Crippen LogP contribution < -0.4 is 9.47 Å². The van der Waals surface area contributed by atoms with Crippen LogP contribution in [0, 0.1) is 11.8 Å². The average molecular weight is 431 g/mol. The van der Waals surface area contributed by atoms with Crippen molar-refractivity contribution in [3.8, 4) is 11.5 Å². The number of benzene rings is 1. The van der Waals surface area contributed by atoms with E-state index in [-0.39, 0.29) is 0 Å². The smallest absolute Gasteiger partial charge is 0.119 e. The van der Waals surface area contributed by atoms with E-state index >= 15 is 0 Å². The molecule has 178 valence electrons. The molecule has 1 fully saturated rings. The summed E-state index contributed by atoms with van der Waals surface area (Å²) in [7, 11) is 0. The maximum Gasteiger partial charge on any atom is 0.119 e. The SMILES string of the molecule is CCCCCCCCCOc1ccc(OCCCC2CCCCC2CCCCC)cc1. The summed E-state index contributed by atoms with van der Waals surface area (Å²) in [5.74, 6) is 3.87. The van der Waals surface area contributed by atoms with Crippen LogP contribution >= 0.6 is 0 Å². The van der Waals surface area contributed by atoms with E-state index in [1.807, 2.05) is 0 Å². The molecule has 1 aromatic carbocycles. The van der Waals surface area contributed by atoms with Crippen LogP contribution in [0.15, 0.2) is 24.3 Å². The fourth-order valence-electron chi connectivity index (χ4n) is 5.12. The Morgan fingerprint density at radius 2 is 1.03 bits per heavy atom. The quantitative estimate of drug-likeness (QED) is 0.216. The van der Waals surface area contributed by atoms with Crippen LogP contribution in [0.5, 0.6) is 11.5 Å². The number of unbranched alkanes of at least 4 members (excludes halogenated alkanes) is 8. The molecule has 0 saturated heterocycles. The summed E-state index contributed by atoms with van der Waals surface area (Å²) in [6.45, 7) is 6.25. The van der Waals surface area contributed by atoms with Crippen LogP contribution in [0.3, 0.4) is 0 Å². The fraction of sp³-hybridized carbons (Fsp3) is 0.793. The van der Waals surface area contributed by atoms with Crippen molar-refractivity contribution < 1.29 is 9.47 Å². The molecular weight excluding hydrogens is 380 g/mol. The summed E-state index contributed by atoms with van der Waals surface area (Å²) in [5.41, 5.74) is 0. The molecule has 2 heteroatoms. The third-order valence-electron chi connectivity index (χ3n) is 7.07. The predicted octanol–water partition coefficient (Wildman–Crippen LogP) is 9.36. The van der Waals surface area contributed by atoms with Crippen molar-refractivity contribution in [2.24, 2.45) is 11.8 Å². The predicted molar refractivity (Wildman–Crippen MR) is 134 cm³/mol. The number of hydrogen-bond acceptors (Lipinski definition) is 2. The van der Waals surface area contributed by atoms with Gasteiger partial charge in [-0.15, -0.1) is 0 Å². The zero-order chi connectivity index (χ0) is 22.0. The molecule has 0 heterocycles. The molecule has 1 aliphatic carbocycles. The summed E-state index contributed by atoms with van der Waals surface area (Å²) in [5, 5.41) is 0. The van der Waals surface area contributed by atoms with E-state index in [2.05, 4.69) is 38.1 Å².